The van der Waals surface area contributed by atoms with Crippen LogP contribution in [-0.4, -0.2) is 143 Å². The van der Waals surface area contributed by atoms with Crippen molar-refractivity contribution in [2.45, 2.75) is 135 Å². The van der Waals surface area contributed by atoms with Gasteiger partial charge in [-0.05, 0) is 78.7 Å². The molecule has 386 valence electrons. The zero-order valence-corrected chi connectivity index (χ0v) is 42.3. The predicted octanol–water partition coefficient (Wildman–Crippen LogP) is 6.18. The lowest BCUT2D eigenvalue weighted by Gasteiger charge is -2.48. The molecule has 0 aliphatic carbocycles. The highest BCUT2D eigenvalue weighted by Crippen LogP contribution is 2.42. The number of fused-ring (bicyclic) bond motifs is 1. The van der Waals surface area contributed by atoms with Gasteiger partial charge >= 0.3 is 24.2 Å². The van der Waals surface area contributed by atoms with Crippen molar-refractivity contribution >= 4 is 41.8 Å². The number of aliphatic hydroxyl groups is 1. The van der Waals surface area contributed by atoms with E-state index in [1.165, 1.54) is 26.3 Å². The van der Waals surface area contributed by atoms with Crippen molar-refractivity contribution in [1.82, 2.24) is 30.5 Å². The van der Waals surface area contributed by atoms with Crippen LogP contribution < -0.4 is 20.7 Å². The van der Waals surface area contributed by atoms with E-state index in [9.17, 15) is 29.1 Å². The van der Waals surface area contributed by atoms with Gasteiger partial charge in [0.25, 0.3) is 0 Å². The van der Waals surface area contributed by atoms with Gasteiger partial charge in [0, 0.05) is 54.4 Å². The molecule has 0 bridgehead atoms. The summed E-state index contributed by atoms with van der Waals surface area (Å²) >= 11 is 0. The van der Waals surface area contributed by atoms with E-state index in [2.05, 4.69) is 30.9 Å². The van der Waals surface area contributed by atoms with Gasteiger partial charge in [0.15, 0.2) is 17.7 Å². The summed E-state index contributed by atoms with van der Waals surface area (Å²) in [5.41, 5.74) is -1.40. The SMILES string of the molecule is CC[C@H]1OC(=O)[C@H](C)[C@@H](OC(=O)Nc2ccc(OC)nc2)[C@H](C)[C@@H](O[C@@H]2O[C@H](C)C[C@H](N(C)C)[C@H]2O)[C@](C)(OC(=O)NCC=Cc2ccc(-c3ncccn3)cc2)C[C@@H](C)C(=O)[C@H](C)[C@H]2NC(=O)O[C@@]21C. The standard InChI is InChI=1S/C51H69N7O13/c1-12-37-51(8)42(57-49(64)71-51)30(4)39(59)28(2)26-50(7,70-47(62)54-22-13-15-33-16-18-34(19-17-33)44-52-23-14-24-53-44)43(69-46-40(60)36(58(9)10)25-29(3)66-46)31(5)41(32(6)45(61)67-37)68-48(63)56-35-20-21-38(65-11)55-27-35/h13-21,23-24,27-32,36-37,40-43,46,60H,12,22,25-26H2,1-11H3,(H,54,62)(H,56,63)(H,57,64)/t28-,29-,30+,31+,32-,36+,37-,40-,41+,42-,43-,46+,50-,51-/m1/s1. The lowest BCUT2D eigenvalue weighted by Crippen LogP contribution is -2.61. The minimum atomic E-state index is -1.81. The first-order valence-electron chi connectivity index (χ1n) is 24.1. The molecule has 6 rings (SSSR count). The molecule has 4 N–H and O–H groups in total. The molecule has 14 atom stereocenters. The maximum absolute atomic E-state index is 14.8. The summed E-state index contributed by atoms with van der Waals surface area (Å²) < 4.78 is 43.1. The maximum atomic E-state index is 14.8. The fourth-order valence-electron chi connectivity index (χ4n) is 10.1. The van der Waals surface area contributed by atoms with Crippen molar-refractivity contribution in [3.8, 4) is 17.3 Å². The van der Waals surface area contributed by atoms with Crippen molar-refractivity contribution in [3.05, 3.63) is 72.7 Å². The van der Waals surface area contributed by atoms with Crippen LogP contribution in [0.4, 0.5) is 20.1 Å². The zero-order valence-electron chi connectivity index (χ0n) is 42.3. The number of cyclic esters (lactones) is 1. The number of benzene rings is 1. The van der Waals surface area contributed by atoms with E-state index in [0.717, 1.165) is 11.1 Å². The van der Waals surface area contributed by atoms with Gasteiger partial charge in [-0.25, -0.2) is 29.3 Å². The van der Waals surface area contributed by atoms with Crippen LogP contribution in [0.2, 0.25) is 0 Å². The van der Waals surface area contributed by atoms with Gasteiger partial charge in [-0.3, -0.25) is 14.9 Å². The normalized spacial score (nSPS) is 32.7. The first-order chi connectivity index (χ1) is 33.7. The molecule has 0 radical (unpaired) electrons. The number of pyridine rings is 1. The fourth-order valence-corrected chi connectivity index (χ4v) is 10.1. The Morgan fingerprint density at radius 2 is 1.68 bits per heavy atom. The molecule has 0 unspecified atom stereocenters. The molecule has 20 nitrogen and oxygen atoms in total. The number of aliphatic hydroxyl groups excluding tert-OH is 1. The number of aromatic nitrogens is 3. The first-order valence-corrected chi connectivity index (χ1v) is 24.1. The van der Waals surface area contributed by atoms with Crippen LogP contribution in [0.1, 0.15) is 80.2 Å². The Labute approximate surface area is 414 Å². The lowest BCUT2D eigenvalue weighted by atomic mass is 9.73. The quantitative estimate of drug-likeness (QED) is 0.117. The summed E-state index contributed by atoms with van der Waals surface area (Å²) in [7, 11) is 5.10. The van der Waals surface area contributed by atoms with Gasteiger partial charge in [-0.1, -0.05) is 64.1 Å². The largest absolute Gasteiger partial charge is 0.481 e. The molecule has 0 spiro atoms. The molecule has 3 aliphatic rings. The Hall–Kier alpha value is -6.22. The van der Waals surface area contributed by atoms with Gasteiger partial charge in [0.05, 0.1) is 37.1 Å². The third kappa shape index (κ3) is 12.8. The summed E-state index contributed by atoms with van der Waals surface area (Å²) in [4.78, 5) is 85.2. The van der Waals surface area contributed by atoms with Crippen LogP contribution in [0.15, 0.2) is 67.1 Å². The summed E-state index contributed by atoms with van der Waals surface area (Å²) in [5, 5.41) is 20.1. The summed E-state index contributed by atoms with van der Waals surface area (Å²) in [6.45, 7) is 13.3. The molecule has 3 fully saturated rings. The minimum absolute atomic E-state index is 0.0189. The van der Waals surface area contributed by atoms with Crippen LogP contribution in [0.3, 0.4) is 0 Å². The van der Waals surface area contributed by atoms with Crippen molar-refractivity contribution < 1.29 is 62.2 Å². The minimum Gasteiger partial charge on any atom is -0.481 e. The average molecular weight is 988 g/mol. The van der Waals surface area contributed by atoms with E-state index in [1.807, 2.05) is 56.3 Å². The second-order valence-corrected chi connectivity index (χ2v) is 19.4. The van der Waals surface area contributed by atoms with E-state index in [1.54, 1.807) is 72.1 Å². The summed E-state index contributed by atoms with van der Waals surface area (Å²) in [5.74, 6) is -4.43. The Morgan fingerprint density at radius 1 is 0.972 bits per heavy atom. The van der Waals surface area contributed by atoms with Crippen LogP contribution in [0.5, 0.6) is 5.88 Å². The van der Waals surface area contributed by atoms with Crippen molar-refractivity contribution in [1.29, 1.82) is 0 Å². The number of Topliss-reactive ketones (excluding diaryl/α,β-unsaturated/α-hetero) is 1. The lowest BCUT2D eigenvalue weighted by molar-refractivity contribution is -0.298. The van der Waals surface area contributed by atoms with E-state index in [4.69, 9.17) is 33.2 Å². The molecule has 3 saturated heterocycles. The van der Waals surface area contributed by atoms with Crippen LogP contribution in [0.25, 0.3) is 17.5 Å². The maximum Gasteiger partial charge on any atom is 0.411 e. The highest BCUT2D eigenvalue weighted by molar-refractivity contribution is 5.86. The van der Waals surface area contributed by atoms with Crippen LogP contribution >= 0.6 is 0 Å². The molecule has 0 saturated carbocycles. The number of nitrogens with zero attached hydrogens (tertiary/aromatic N) is 4. The van der Waals surface area contributed by atoms with Crippen molar-refractivity contribution in [3.63, 3.8) is 0 Å². The second kappa shape index (κ2) is 23.3. The van der Waals surface area contributed by atoms with Gasteiger partial charge < -0.3 is 53.8 Å². The van der Waals surface area contributed by atoms with Crippen molar-refractivity contribution in [2.24, 2.45) is 23.7 Å². The Bertz CT molecular complexity index is 2340. The number of methoxy groups -OCH3 is 1. The van der Waals surface area contributed by atoms with E-state index < -0.39 is 108 Å². The molecule has 3 aromatic rings. The molecule has 2 aromatic heterocycles. The topological polar surface area (TPSA) is 248 Å². The van der Waals surface area contributed by atoms with E-state index in [0.29, 0.717) is 18.1 Å². The summed E-state index contributed by atoms with van der Waals surface area (Å²) in [6.07, 6.45) is -0.810. The predicted molar refractivity (Wildman–Crippen MR) is 260 cm³/mol. The number of ether oxygens (including phenoxy) is 7. The van der Waals surface area contributed by atoms with Gasteiger partial charge in [0.2, 0.25) is 5.88 Å². The number of rotatable bonds is 12. The Balaban J connectivity index is 1.40. The third-order valence-electron chi connectivity index (χ3n) is 13.8. The molecular formula is C51H69N7O13. The number of alkyl carbamates (subject to hydrolysis) is 2. The first kappa shape index (κ1) is 54.1. The zero-order chi connectivity index (χ0) is 51.8. The molecule has 3 amide bonds. The van der Waals surface area contributed by atoms with E-state index in [-0.39, 0.29) is 30.9 Å². The van der Waals surface area contributed by atoms with Gasteiger partial charge in [-0.15, -0.1) is 0 Å². The number of carbonyl (C=O) groups excluding carboxylic acids is 5. The Morgan fingerprint density at radius 3 is 2.31 bits per heavy atom. The Kier molecular flexibility index (Phi) is 17.8. The van der Waals surface area contributed by atoms with E-state index >= 15 is 0 Å². The number of amides is 3. The number of carbonyl (C=O) groups is 5. The van der Waals surface area contributed by atoms with Gasteiger partial charge in [-0.2, -0.15) is 0 Å². The summed E-state index contributed by atoms with van der Waals surface area (Å²) in [6, 6.07) is 11.0. The van der Waals surface area contributed by atoms with Crippen LogP contribution in [-0.2, 0) is 38.0 Å². The number of hydrogen-bond acceptors (Lipinski definition) is 17. The number of anilines is 1. The smallest absolute Gasteiger partial charge is 0.411 e. The third-order valence-corrected chi connectivity index (χ3v) is 13.8. The highest BCUT2D eigenvalue weighted by Gasteiger charge is 2.58. The monoisotopic (exact) mass is 987 g/mol. The highest BCUT2D eigenvalue weighted by atomic mass is 16.7. The number of likely N-dealkylation sites (N-methyl/N-ethyl adjacent to an activating group) is 1. The molecule has 3 aliphatic heterocycles. The van der Waals surface area contributed by atoms with Crippen LogP contribution in [0, 0.1) is 23.7 Å². The number of esters is 1. The fraction of sp³-hybridized carbons (Fsp3) is 0.569. The molecular weight excluding hydrogens is 919 g/mol. The number of nitrogens with one attached hydrogen (secondary N) is 3. The molecule has 5 heterocycles. The van der Waals surface area contributed by atoms with Gasteiger partial charge in [0.1, 0.15) is 35.8 Å². The second-order valence-electron chi connectivity index (χ2n) is 19.4. The average Bonchev–Trinajstić information content (AvgIpc) is 3.66. The number of ketones is 1. The molecule has 71 heavy (non-hydrogen) atoms. The number of hydrogen-bond donors (Lipinski definition) is 4. The molecule has 20 heteroatoms. The molecule has 1 aromatic carbocycles. The van der Waals surface area contributed by atoms with Crippen molar-refractivity contribution in [2.75, 3.05) is 33.1 Å².